The first-order valence-electron chi connectivity index (χ1n) is 3.64. The van der Waals surface area contributed by atoms with Crippen molar-refractivity contribution in [2.75, 3.05) is 7.11 Å². The van der Waals surface area contributed by atoms with E-state index in [1.165, 1.54) is 13.2 Å². The minimum atomic E-state index is -0.334. The van der Waals surface area contributed by atoms with E-state index in [4.69, 9.17) is 0 Å². The van der Waals surface area contributed by atoms with Gasteiger partial charge in [-0.05, 0) is 11.6 Å². The zero-order valence-electron chi connectivity index (χ0n) is 6.86. The summed E-state index contributed by atoms with van der Waals surface area (Å²) in [7, 11) is 1.36. The molecule has 13 heavy (non-hydrogen) atoms. The van der Waals surface area contributed by atoms with E-state index in [0.29, 0.717) is 0 Å². The van der Waals surface area contributed by atoms with E-state index >= 15 is 0 Å². The summed E-state index contributed by atoms with van der Waals surface area (Å²) in [6, 6.07) is 9.59. The van der Waals surface area contributed by atoms with Crippen molar-refractivity contribution in [3.63, 3.8) is 0 Å². The molecule has 0 saturated heterocycles. The summed E-state index contributed by atoms with van der Waals surface area (Å²) in [5.41, 5.74) is 0.989. The van der Waals surface area contributed by atoms with E-state index in [2.05, 4.69) is 4.74 Å². The molecule has 0 heterocycles. The van der Waals surface area contributed by atoms with E-state index in [1.54, 1.807) is 6.08 Å². The molecular formula is C10H11NaO2. The van der Waals surface area contributed by atoms with E-state index in [1.807, 2.05) is 30.3 Å². The zero-order valence-corrected chi connectivity index (χ0v) is 6.86. The van der Waals surface area contributed by atoms with Gasteiger partial charge in [0.25, 0.3) is 0 Å². The van der Waals surface area contributed by atoms with Crippen molar-refractivity contribution in [1.29, 1.82) is 0 Å². The van der Waals surface area contributed by atoms with Gasteiger partial charge in [0.15, 0.2) is 0 Å². The van der Waals surface area contributed by atoms with Crippen LogP contribution in [0.15, 0.2) is 36.4 Å². The third kappa shape index (κ3) is 4.88. The summed E-state index contributed by atoms with van der Waals surface area (Å²) in [5.74, 6) is -0.334. The number of hydrogen-bond donors (Lipinski definition) is 0. The van der Waals surface area contributed by atoms with Crippen molar-refractivity contribution in [2.24, 2.45) is 0 Å². The van der Waals surface area contributed by atoms with Gasteiger partial charge in [-0.2, -0.15) is 0 Å². The van der Waals surface area contributed by atoms with Crippen LogP contribution >= 0.6 is 0 Å². The van der Waals surface area contributed by atoms with Gasteiger partial charge in [-0.15, -0.1) is 0 Å². The number of esters is 1. The van der Waals surface area contributed by atoms with E-state index < -0.39 is 0 Å². The van der Waals surface area contributed by atoms with Crippen LogP contribution in [0.2, 0.25) is 0 Å². The van der Waals surface area contributed by atoms with Crippen molar-refractivity contribution in [2.45, 2.75) is 0 Å². The predicted molar refractivity (Wildman–Crippen MR) is 54.6 cm³/mol. The molecule has 0 aliphatic carbocycles. The van der Waals surface area contributed by atoms with Crippen LogP contribution in [0.3, 0.4) is 0 Å². The first-order valence-corrected chi connectivity index (χ1v) is 3.64. The number of ether oxygens (including phenoxy) is 1. The third-order valence-electron chi connectivity index (χ3n) is 1.41. The Balaban J connectivity index is 0.00000144. The van der Waals surface area contributed by atoms with Crippen LogP contribution in [-0.4, -0.2) is 42.6 Å². The molecule has 64 valence electrons. The zero-order chi connectivity index (χ0) is 8.81. The fraction of sp³-hybridized carbons (Fsp3) is 0.100. The molecule has 0 unspecified atom stereocenters. The molecule has 0 radical (unpaired) electrons. The molecule has 0 aliphatic rings. The second-order valence-electron chi connectivity index (χ2n) is 2.27. The molecule has 0 bridgehead atoms. The Morgan fingerprint density at radius 1 is 1.31 bits per heavy atom. The third-order valence-corrected chi connectivity index (χ3v) is 1.41. The SMILES string of the molecule is COC(=O)C=Cc1ccccc1.[NaH]. The molecule has 0 spiro atoms. The van der Waals surface area contributed by atoms with Crippen LogP contribution in [0.1, 0.15) is 5.56 Å². The molecule has 1 rings (SSSR count). The first-order chi connectivity index (χ1) is 5.83. The summed E-state index contributed by atoms with van der Waals surface area (Å²) in [6.07, 6.45) is 3.11. The van der Waals surface area contributed by atoms with Crippen LogP contribution in [0, 0.1) is 0 Å². The normalized spacial score (nSPS) is 9.31. The summed E-state index contributed by atoms with van der Waals surface area (Å²) in [6.45, 7) is 0. The Bertz CT molecular complexity index is 280. The van der Waals surface area contributed by atoms with Crippen LogP contribution < -0.4 is 0 Å². The molecule has 0 amide bonds. The standard InChI is InChI=1S/C10H10O2.Na.H/c1-12-10(11)8-7-9-5-3-2-4-6-9;;/h2-8H,1H3;;. The van der Waals surface area contributed by atoms with Crippen LogP contribution in [-0.2, 0) is 9.53 Å². The molecule has 3 heteroatoms. The number of methoxy groups -OCH3 is 1. The van der Waals surface area contributed by atoms with E-state index in [0.717, 1.165) is 5.56 Å². The first kappa shape index (κ1) is 12.4. The van der Waals surface area contributed by atoms with Gasteiger partial charge in [0.1, 0.15) is 0 Å². The summed E-state index contributed by atoms with van der Waals surface area (Å²) < 4.78 is 4.45. The van der Waals surface area contributed by atoms with Crippen molar-refractivity contribution >= 4 is 41.6 Å². The van der Waals surface area contributed by atoms with Crippen molar-refractivity contribution in [1.82, 2.24) is 0 Å². The van der Waals surface area contributed by atoms with Gasteiger partial charge in [0, 0.05) is 6.08 Å². The number of carbonyl (C=O) groups is 1. The van der Waals surface area contributed by atoms with Gasteiger partial charge < -0.3 is 4.74 Å². The fourth-order valence-electron chi connectivity index (χ4n) is 0.796. The van der Waals surface area contributed by atoms with Crippen molar-refractivity contribution in [3.05, 3.63) is 42.0 Å². The maximum absolute atomic E-state index is 10.7. The van der Waals surface area contributed by atoms with E-state index in [-0.39, 0.29) is 35.5 Å². The number of rotatable bonds is 2. The predicted octanol–water partition coefficient (Wildman–Crippen LogP) is 1.22. The Morgan fingerprint density at radius 2 is 1.92 bits per heavy atom. The van der Waals surface area contributed by atoms with Gasteiger partial charge in [-0.3, -0.25) is 0 Å². The molecule has 0 fully saturated rings. The van der Waals surface area contributed by atoms with Crippen LogP contribution in [0.5, 0.6) is 0 Å². The number of carbonyl (C=O) groups excluding carboxylic acids is 1. The van der Waals surface area contributed by atoms with Crippen molar-refractivity contribution < 1.29 is 9.53 Å². The van der Waals surface area contributed by atoms with E-state index in [9.17, 15) is 4.79 Å². The van der Waals surface area contributed by atoms with Crippen LogP contribution in [0.4, 0.5) is 0 Å². The van der Waals surface area contributed by atoms with Crippen LogP contribution in [0.25, 0.3) is 6.08 Å². The molecule has 0 aliphatic heterocycles. The Hall–Kier alpha value is -0.570. The maximum atomic E-state index is 10.7. The molecular weight excluding hydrogens is 175 g/mol. The number of benzene rings is 1. The molecule has 2 nitrogen and oxygen atoms in total. The molecule has 1 aromatic carbocycles. The fourth-order valence-corrected chi connectivity index (χ4v) is 0.796. The second-order valence-corrected chi connectivity index (χ2v) is 2.27. The Labute approximate surface area is 99.9 Å². The average molecular weight is 186 g/mol. The summed E-state index contributed by atoms with van der Waals surface area (Å²) in [5, 5.41) is 0. The molecule has 0 atom stereocenters. The van der Waals surface area contributed by atoms with Gasteiger partial charge in [-0.1, -0.05) is 30.3 Å². The summed E-state index contributed by atoms with van der Waals surface area (Å²) in [4.78, 5) is 10.7. The molecule has 0 aromatic heterocycles. The topological polar surface area (TPSA) is 26.3 Å². The van der Waals surface area contributed by atoms with Gasteiger partial charge in [0.05, 0.1) is 7.11 Å². The number of hydrogen-bond acceptors (Lipinski definition) is 2. The van der Waals surface area contributed by atoms with Crippen molar-refractivity contribution in [3.8, 4) is 0 Å². The molecule has 0 N–H and O–H groups in total. The molecule has 0 saturated carbocycles. The van der Waals surface area contributed by atoms with Gasteiger partial charge >= 0.3 is 35.5 Å². The Morgan fingerprint density at radius 3 is 2.46 bits per heavy atom. The van der Waals surface area contributed by atoms with Gasteiger partial charge in [0.2, 0.25) is 0 Å². The monoisotopic (exact) mass is 186 g/mol. The quantitative estimate of drug-likeness (QED) is 0.394. The average Bonchev–Trinajstić information content (AvgIpc) is 2.16. The molecule has 1 aromatic rings. The minimum absolute atomic E-state index is 0. The Kier molecular flexibility index (Phi) is 6.59. The van der Waals surface area contributed by atoms with Gasteiger partial charge in [-0.25, -0.2) is 4.79 Å². The second kappa shape index (κ2) is 6.89. The summed E-state index contributed by atoms with van der Waals surface area (Å²) >= 11 is 0.